The van der Waals surface area contributed by atoms with E-state index in [9.17, 15) is 9.59 Å². The van der Waals surface area contributed by atoms with Crippen molar-refractivity contribution in [3.8, 4) is 0 Å². The largest absolute Gasteiger partial charge is 0.478 e. The summed E-state index contributed by atoms with van der Waals surface area (Å²) < 4.78 is 5.80. The molecule has 0 spiro atoms. The Morgan fingerprint density at radius 3 is 2.60 bits per heavy atom. The fourth-order valence-corrected chi connectivity index (χ4v) is 3.07. The maximum atomic E-state index is 12.6. The van der Waals surface area contributed by atoms with Crippen LogP contribution in [0.15, 0.2) is 48.5 Å². The van der Waals surface area contributed by atoms with Crippen LogP contribution in [0.3, 0.4) is 0 Å². The van der Waals surface area contributed by atoms with Gasteiger partial charge in [0, 0.05) is 13.6 Å². The Kier molecular flexibility index (Phi) is 5.14. The van der Waals surface area contributed by atoms with Crippen molar-refractivity contribution >= 4 is 11.9 Å². The zero-order valence-corrected chi connectivity index (χ0v) is 14.1. The van der Waals surface area contributed by atoms with Crippen molar-refractivity contribution in [3.05, 3.63) is 70.8 Å². The minimum Gasteiger partial charge on any atom is -0.478 e. The van der Waals surface area contributed by atoms with Crippen LogP contribution in [0.25, 0.3) is 0 Å². The highest BCUT2D eigenvalue weighted by molar-refractivity contribution is 5.87. The van der Waals surface area contributed by atoms with Gasteiger partial charge in [0.2, 0.25) is 5.91 Å². The Balaban J connectivity index is 1.62. The Hall–Kier alpha value is -2.66. The predicted molar refractivity (Wildman–Crippen MR) is 93.3 cm³/mol. The standard InChI is InChI=1S/C20H21NO4/c1-21(13-14-6-8-16(9-7-14)20(23)24)19(22)12-18-17-5-3-2-4-15(17)10-11-25-18/h2-9,18H,10-13H2,1H3,(H,23,24)/t18-/m0/s1. The van der Waals surface area contributed by atoms with Crippen LogP contribution in [0, 0.1) is 0 Å². The number of nitrogens with zero attached hydrogens (tertiary/aromatic N) is 1. The van der Waals surface area contributed by atoms with Gasteiger partial charge in [-0.15, -0.1) is 0 Å². The molecule has 130 valence electrons. The van der Waals surface area contributed by atoms with E-state index in [-0.39, 0.29) is 17.6 Å². The van der Waals surface area contributed by atoms with Crippen LogP contribution in [0.4, 0.5) is 0 Å². The van der Waals surface area contributed by atoms with Crippen LogP contribution in [0.1, 0.15) is 39.6 Å². The fourth-order valence-electron chi connectivity index (χ4n) is 3.07. The molecule has 0 saturated carbocycles. The van der Waals surface area contributed by atoms with Crippen LogP contribution >= 0.6 is 0 Å². The molecule has 0 radical (unpaired) electrons. The van der Waals surface area contributed by atoms with Crippen molar-refractivity contribution in [1.82, 2.24) is 4.90 Å². The van der Waals surface area contributed by atoms with Gasteiger partial charge < -0.3 is 14.7 Å². The summed E-state index contributed by atoms with van der Waals surface area (Å²) in [6, 6.07) is 14.7. The van der Waals surface area contributed by atoms with Gasteiger partial charge >= 0.3 is 5.97 Å². The van der Waals surface area contributed by atoms with Crippen LogP contribution < -0.4 is 0 Å². The van der Waals surface area contributed by atoms with Crippen molar-refractivity contribution in [1.29, 1.82) is 0 Å². The number of carboxylic acid groups (broad SMARTS) is 1. The molecule has 2 aromatic rings. The number of carboxylic acids is 1. The van der Waals surface area contributed by atoms with E-state index in [1.165, 1.54) is 5.56 Å². The lowest BCUT2D eigenvalue weighted by atomic mass is 9.95. The summed E-state index contributed by atoms with van der Waals surface area (Å²) in [4.78, 5) is 25.1. The lowest BCUT2D eigenvalue weighted by molar-refractivity contribution is -0.133. The number of benzene rings is 2. The molecule has 1 aliphatic rings. The SMILES string of the molecule is CN(Cc1ccc(C(=O)O)cc1)C(=O)C[C@@H]1OCCc2ccccc21. The summed E-state index contributed by atoms with van der Waals surface area (Å²) in [5.41, 5.74) is 3.48. The lowest BCUT2D eigenvalue weighted by Crippen LogP contribution is -2.29. The first kappa shape index (κ1) is 17.2. The van der Waals surface area contributed by atoms with Gasteiger partial charge in [-0.05, 0) is 35.2 Å². The van der Waals surface area contributed by atoms with E-state index in [1.54, 1.807) is 36.2 Å². The molecule has 25 heavy (non-hydrogen) atoms. The molecule has 1 N–H and O–H groups in total. The van der Waals surface area contributed by atoms with Gasteiger partial charge in [-0.1, -0.05) is 36.4 Å². The third-order valence-corrected chi connectivity index (χ3v) is 4.50. The zero-order chi connectivity index (χ0) is 17.8. The monoisotopic (exact) mass is 339 g/mol. The van der Waals surface area contributed by atoms with Gasteiger partial charge in [0.1, 0.15) is 0 Å². The van der Waals surface area contributed by atoms with Gasteiger partial charge in [0.05, 0.1) is 24.7 Å². The first-order chi connectivity index (χ1) is 12.0. The predicted octanol–water partition coefficient (Wildman–Crippen LogP) is 3.05. The second-order valence-electron chi connectivity index (χ2n) is 6.26. The maximum absolute atomic E-state index is 12.6. The van der Waals surface area contributed by atoms with Crippen molar-refractivity contribution in [3.63, 3.8) is 0 Å². The molecule has 3 rings (SSSR count). The average molecular weight is 339 g/mol. The number of hydrogen-bond acceptors (Lipinski definition) is 3. The number of rotatable bonds is 5. The molecule has 0 bridgehead atoms. The van der Waals surface area contributed by atoms with E-state index in [2.05, 4.69) is 6.07 Å². The molecular formula is C20H21NO4. The minimum absolute atomic E-state index is 0.00372. The summed E-state index contributed by atoms with van der Waals surface area (Å²) >= 11 is 0. The minimum atomic E-state index is -0.955. The van der Waals surface area contributed by atoms with Gasteiger partial charge in [0.25, 0.3) is 0 Å². The first-order valence-corrected chi connectivity index (χ1v) is 8.30. The normalized spacial score (nSPS) is 16.1. The Labute approximate surface area is 146 Å². The van der Waals surface area contributed by atoms with Crippen molar-refractivity contribution in [2.45, 2.75) is 25.5 Å². The van der Waals surface area contributed by atoms with Crippen molar-refractivity contribution < 1.29 is 19.4 Å². The van der Waals surface area contributed by atoms with E-state index in [0.717, 1.165) is 17.5 Å². The second-order valence-corrected chi connectivity index (χ2v) is 6.26. The highest BCUT2D eigenvalue weighted by Crippen LogP contribution is 2.30. The van der Waals surface area contributed by atoms with Crippen LogP contribution in [-0.4, -0.2) is 35.5 Å². The van der Waals surface area contributed by atoms with Crippen molar-refractivity contribution in [2.24, 2.45) is 0 Å². The molecule has 5 heteroatoms. The van der Waals surface area contributed by atoms with Crippen LogP contribution in [0.5, 0.6) is 0 Å². The van der Waals surface area contributed by atoms with E-state index >= 15 is 0 Å². The molecule has 1 atom stereocenters. The van der Waals surface area contributed by atoms with E-state index in [0.29, 0.717) is 19.6 Å². The topological polar surface area (TPSA) is 66.8 Å². The summed E-state index contributed by atoms with van der Waals surface area (Å²) in [5.74, 6) is -0.951. The Bertz CT molecular complexity index is 770. The second kappa shape index (κ2) is 7.49. The molecule has 1 amide bonds. The Morgan fingerprint density at radius 1 is 1.16 bits per heavy atom. The first-order valence-electron chi connectivity index (χ1n) is 8.30. The third-order valence-electron chi connectivity index (χ3n) is 4.50. The number of amides is 1. The molecule has 0 unspecified atom stereocenters. The summed E-state index contributed by atoms with van der Waals surface area (Å²) in [6.45, 7) is 1.07. The van der Waals surface area contributed by atoms with Crippen LogP contribution in [0.2, 0.25) is 0 Å². The lowest BCUT2D eigenvalue weighted by Gasteiger charge is -2.27. The maximum Gasteiger partial charge on any atom is 0.335 e. The zero-order valence-electron chi connectivity index (χ0n) is 14.1. The number of aromatic carboxylic acids is 1. The van der Waals surface area contributed by atoms with E-state index in [1.807, 2.05) is 18.2 Å². The van der Waals surface area contributed by atoms with Gasteiger partial charge in [-0.3, -0.25) is 4.79 Å². The highest BCUT2D eigenvalue weighted by atomic mass is 16.5. The van der Waals surface area contributed by atoms with E-state index < -0.39 is 5.97 Å². The molecular weight excluding hydrogens is 318 g/mol. The van der Waals surface area contributed by atoms with Crippen molar-refractivity contribution in [2.75, 3.05) is 13.7 Å². The molecule has 5 nitrogen and oxygen atoms in total. The number of carbonyl (C=O) groups excluding carboxylic acids is 1. The Morgan fingerprint density at radius 2 is 1.88 bits per heavy atom. The fraction of sp³-hybridized carbons (Fsp3) is 0.300. The summed E-state index contributed by atoms with van der Waals surface area (Å²) in [7, 11) is 1.75. The summed E-state index contributed by atoms with van der Waals surface area (Å²) in [5, 5.41) is 8.93. The molecule has 0 aliphatic carbocycles. The van der Waals surface area contributed by atoms with Crippen LogP contribution in [-0.2, 0) is 22.5 Å². The third kappa shape index (κ3) is 4.06. The van der Waals surface area contributed by atoms with E-state index in [4.69, 9.17) is 9.84 Å². The number of hydrogen-bond donors (Lipinski definition) is 1. The quantitative estimate of drug-likeness (QED) is 0.909. The molecule has 0 saturated heterocycles. The molecule has 0 aromatic heterocycles. The highest BCUT2D eigenvalue weighted by Gasteiger charge is 2.24. The number of carbonyl (C=O) groups is 2. The summed E-state index contributed by atoms with van der Waals surface area (Å²) in [6.07, 6.45) is 0.988. The molecule has 0 fully saturated rings. The molecule has 1 aliphatic heterocycles. The van der Waals surface area contributed by atoms with Gasteiger partial charge in [0.15, 0.2) is 0 Å². The number of fused-ring (bicyclic) bond motifs is 1. The van der Waals surface area contributed by atoms with Gasteiger partial charge in [-0.2, -0.15) is 0 Å². The van der Waals surface area contributed by atoms with Gasteiger partial charge in [-0.25, -0.2) is 4.79 Å². The number of ether oxygens (including phenoxy) is 1. The smallest absolute Gasteiger partial charge is 0.335 e. The average Bonchev–Trinajstić information content (AvgIpc) is 2.62. The molecule has 2 aromatic carbocycles. The molecule has 1 heterocycles.